The summed E-state index contributed by atoms with van der Waals surface area (Å²) >= 11 is 1.66. The van der Waals surface area contributed by atoms with Crippen LogP contribution >= 0.6 is 24.2 Å². The fraction of sp³-hybridized carbons (Fsp3) is 0.500. The van der Waals surface area contributed by atoms with Crippen LogP contribution in [-0.4, -0.2) is 36.2 Å². The number of amides is 1. The Bertz CT molecular complexity index is 453. The molecule has 2 N–H and O–H groups in total. The number of nitrogens with zero attached hydrogens (tertiary/aromatic N) is 1. The lowest BCUT2D eigenvalue weighted by Crippen LogP contribution is -2.45. The van der Waals surface area contributed by atoms with Crippen molar-refractivity contribution in [3.63, 3.8) is 0 Å². The Morgan fingerprint density at radius 3 is 2.84 bits per heavy atom. The minimum Gasteiger partial charge on any atom is -0.337 e. The quantitative estimate of drug-likeness (QED) is 0.854. The highest BCUT2D eigenvalue weighted by atomic mass is 35.5. The predicted molar refractivity (Wildman–Crippen MR) is 83.3 cm³/mol. The van der Waals surface area contributed by atoms with Gasteiger partial charge in [0.2, 0.25) is 0 Å². The van der Waals surface area contributed by atoms with E-state index < -0.39 is 0 Å². The number of hydrogen-bond donors (Lipinski definition) is 1. The van der Waals surface area contributed by atoms with Crippen molar-refractivity contribution < 1.29 is 4.79 Å². The Balaban J connectivity index is 0.00000180. The van der Waals surface area contributed by atoms with Gasteiger partial charge in [0.25, 0.3) is 5.91 Å². The number of rotatable bonds is 2. The van der Waals surface area contributed by atoms with Crippen LogP contribution in [0, 0.1) is 6.92 Å². The topological polar surface area (TPSA) is 46.3 Å². The van der Waals surface area contributed by atoms with Gasteiger partial charge in [0.05, 0.1) is 0 Å². The molecule has 1 aliphatic heterocycles. The molecule has 0 radical (unpaired) electrons. The standard InChI is InChI=1S/C14H20N2OS.ClH/c1-10-5-6-12(18-2)8-13(10)14(17)16-7-3-4-11(15)9-16;/h5-6,8,11H,3-4,7,9,15H2,1-2H3;1H. The van der Waals surface area contributed by atoms with Crippen molar-refractivity contribution in [2.24, 2.45) is 5.73 Å². The van der Waals surface area contributed by atoms with E-state index in [4.69, 9.17) is 5.73 Å². The van der Waals surface area contributed by atoms with Crippen LogP contribution in [0.5, 0.6) is 0 Å². The zero-order valence-electron chi connectivity index (χ0n) is 11.4. The van der Waals surface area contributed by atoms with Crippen molar-refractivity contribution in [2.75, 3.05) is 19.3 Å². The van der Waals surface area contributed by atoms with E-state index in [0.29, 0.717) is 6.54 Å². The van der Waals surface area contributed by atoms with Crippen LogP contribution in [0.1, 0.15) is 28.8 Å². The fourth-order valence-electron chi connectivity index (χ4n) is 2.32. The average Bonchev–Trinajstić information content (AvgIpc) is 2.38. The Morgan fingerprint density at radius 2 is 2.21 bits per heavy atom. The summed E-state index contributed by atoms with van der Waals surface area (Å²) in [5.41, 5.74) is 7.79. The van der Waals surface area contributed by atoms with Gasteiger partial charge in [-0.1, -0.05) is 6.07 Å². The maximum atomic E-state index is 12.5. The summed E-state index contributed by atoms with van der Waals surface area (Å²) < 4.78 is 0. The number of thioether (sulfide) groups is 1. The molecule has 1 saturated heterocycles. The minimum absolute atomic E-state index is 0. The zero-order chi connectivity index (χ0) is 13.1. The lowest BCUT2D eigenvalue weighted by atomic mass is 10.0. The van der Waals surface area contributed by atoms with Gasteiger partial charge in [-0.05, 0) is 43.7 Å². The third-order valence-electron chi connectivity index (χ3n) is 3.42. The van der Waals surface area contributed by atoms with Crippen LogP contribution in [0.3, 0.4) is 0 Å². The van der Waals surface area contributed by atoms with Gasteiger partial charge in [-0.15, -0.1) is 24.2 Å². The van der Waals surface area contributed by atoms with Crippen molar-refractivity contribution in [1.82, 2.24) is 4.90 Å². The molecule has 1 heterocycles. The summed E-state index contributed by atoms with van der Waals surface area (Å²) in [4.78, 5) is 15.5. The van der Waals surface area contributed by atoms with Crippen LogP contribution in [0.15, 0.2) is 23.1 Å². The molecule has 0 bridgehead atoms. The number of aryl methyl sites for hydroxylation is 1. The molecule has 1 aromatic rings. The van der Waals surface area contributed by atoms with E-state index in [2.05, 4.69) is 6.07 Å². The molecule has 3 nitrogen and oxygen atoms in total. The summed E-state index contributed by atoms with van der Waals surface area (Å²) in [7, 11) is 0. The van der Waals surface area contributed by atoms with Crippen LogP contribution in [0.2, 0.25) is 0 Å². The van der Waals surface area contributed by atoms with Gasteiger partial charge in [-0.25, -0.2) is 0 Å². The van der Waals surface area contributed by atoms with Gasteiger partial charge in [0.1, 0.15) is 0 Å². The molecule has 106 valence electrons. The summed E-state index contributed by atoms with van der Waals surface area (Å²) in [5, 5.41) is 0. The molecule has 0 spiro atoms. The van der Waals surface area contributed by atoms with Crippen LogP contribution in [0.4, 0.5) is 0 Å². The molecule has 5 heteroatoms. The molecule has 1 atom stereocenters. The number of benzene rings is 1. The summed E-state index contributed by atoms with van der Waals surface area (Å²) in [6.45, 7) is 3.50. The van der Waals surface area contributed by atoms with Crippen molar-refractivity contribution in [1.29, 1.82) is 0 Å². The third-order valence-corrected chi connectivity index (χ3v) is 4.15. The summed E-state index contributed by atoms with van der Waals surface area (Å²) in [5.74, 6) is 0.124. The van der Waals surface area contributed by atoms with Crippen LogP contribution in [0.25, 0.3) is 0 Å². The number of likely N-dealkylation sites (tertiary alicyclic amines) is 1. The van der Waals surface area contributed by atoms with Crippen molar-refractivity contribution in [2.45, 2.75) is 30.7 Å². The second kappa shape index (κ2) is 7.17. The number of nitrogens with two attached hydrogens (primary N) is 1. The first-order chi connectivity index (χ1) is 8.61. The van der Waals surface area contributed by atoms with Gasteiger partial charge >= 0.3 is 0 Å². The highest BCUT2D eigenvalue weighted by Gasteiger charge is 2.23. The van der Waals surface area contributed by atoms with Crippen LogP contribution < -0.4 is 5.73 Å². The van der Waals surface area contributed by atoms with E-state index >= 15 is 0 Å². The Morgan fingerprint density at radius 1 is 1.47 bits per heavy atom. The molecule has 0 aromatic heterocycles. The molecule has 0 saturated carbocycles. The van der Waals surface area contributed by atoms with Gasteiger partial charge in [-0.2, -0.15) is 0 Å². The number of piperidine rings is 1. The molecule has 0 aliphatic carbocycles. The SMILES string of the molecule is CSc1ccc(C)c(C(=O)N2CCCC(N)C2)c1.Cl. The first-order valence-electron chi connectivity index (χ1n) is 6.31. The average molecular weight is 301 g/mol. The van der Waals surface area contributed by atoms with Gasteiger partial charge < -0.3 is 10.6 Å². The summed E-state index contributed by atoms with van der Waals surface area (Å²) in [6.07, 6.45) is 4.05. The maximum absolute atomic E-state index is 12.5. The Hall–Kier alpha value is -0.710. The lowest BCUT2D eigenvalue weighted by molar-refractivity contribution is 0.0708. The highest BCUT2D eigenvalue weighted by molar-refractivity contribution is 7.98. The number of hydrogen-bond acceptors (Lipinski definition) is 3. The van der Waals surface area contributed by atoms with E-state index in [0.717, 1.165) is 35.4 Å². The van der Waals surface area contributed by atoms with E-state index in [9.17, 15) is 4.79 Å². The molecule has 1 aromatic carbocycles. The molecule has 19 heavy (non-hydrogen) atoms. The highest BCUT2D eigenvalue weighted by Crippen LogP contribution is 2.21. The van der Waals surface area contributed by atoms with Gasteiger partial charge in [-0.3, -0.25) is 4.79 Å². The maximum Gasteiger partial charge on any atom is 0.254 e. The molecular formula is C14H21ClN2OS. The monoisotopic (exact) mass is 300 g/mol. The number of halogens is 1. The van der Waals surface area contributed by atoms with Crippen molar-refractivity contribution in [3.05, 3.63) is 29.3 Å². The second-order valence-corrected chi connectivity index (χ2v) is 5.71. The van der Waals surface area contributed by atoms with E-state index in [1.54, 1.807) is 11.8 Å². The Labute approximate surface area is 125 Å². The number of carbonyl (C=O) groups is 1. The molecule has 1 fully saturated rings. The minimum atomic E-state index is 0. The third kappa shape index (κ3) is 3.88. The molecule has 2 rings (SSSR count). The number of carbonyl (C=O) groups excluding carboxylic acids is 1. The van der Waals surface area contributed by atoms with Gasteiger partial charge in [0, 0.05) is 29.6 Å². The molecule has 1 amide bonds. The lowest BCUT2D eigenvalue weighted by Gasteiger charge is -2.31. The van der Waals surface area contributed by atoms with Gasteiger partial charge in [0.15, 0.2) is 0 Å². The largest absolute Gasteiger partial charge is 0.337 e. The first kappa shape index (κ1) is 16.3. The second-order valence-electron chi connectivity index (χ2n) is 4.83. The van der Waals surface area contributed by atoms with Crippen molar-refractivity contribution in [3.8, 4) is 0 Å². The van der Waals surface area contributed by atoms with Crippen molar-refractivity contribution >= 4 is 30.1 Å². The Kier molecular flexibility index (Phi) is 6.17. The molecule has 1 unspecified atom stereocenters. The normalized spacial score (nSPS) is 18.9. The first-order valence-corrected chi connectivity index (χ1v) is 7.54. The summed E-state index contributed by atoms with van der Waals surface area (Å²) in [6, 6.07) is 6.19. The molecular weight excluding hydrogens is 280 g/mol. The fourth-order valence-corrected chi connectivity index (χ4v) is 2.76. The smallest absolute Gasteiger partial charge is 0.254 e. The molecule has 1 aliphatic rings. The van der Waals surface area contributed by atoms with E-state index in [1.165, 1.54) is 0 Å². The van der Waals surface area contributed by atoms with Crippen LogP contribution in [-0.2, 0) is 0 Å². The van der Waals surface area contributed by atoms with E-state index in [-0.39, 0.29) is 24.4 Å². The van der Waals surface area contributed by atoms with E-state index in [1.807, 2.05) is 30.2 Å². The zero-order valence-corrected chi connectivity index (χ0v) is 13.0. The predicted octanol–water partition coefficient (Wildman–Crippen LogP) is 2.70.